The molecule has 1 heterocycles. The van der Waals surface area contributed by atoms with Crippen molar-refractivity contribution >= 4 is 0 Å². The van der Waals surface area contributed by atoms with E-state index in [-0.39, 0.29) is 5.54 Å². The van der Waals surface area contributed by atoms with Crippen LogP contribution in [-0.4, -0.2) is 35.1 Å². The van der Waals surface area contributed by atoms with Crippen molar-refractivity contribution in [2.75, 3.05) is 19.6 Å². The molecule has 0 saturated carbocycles. The lowest BCUT2D eigenvalue weighted by Gasteiger charge is -2.40. The third kappa shape index (κ3) is 4.07. The van der Waals surface area contributed by atoms with Gasteiger partial charge in [-0.2, -0.15) is 0 Å². The summed E-state index contributed by atoms with van der Waals surface area (Å²) in [6.45, 7) is 9.56. The van der Waals surface area contributed by atoms with Crippen molar-refractivity contribution in [3.05, 3.63) is 30.1 Å². The van der Waals surface area contributed by atoms with Crippen molar-refractivity contribution < 1.29 is 0 Å². The Morgan fingerprint density at radius 2 is 2.06 bits per heavy atom. The van der Waals surface area contributed by atoms with E-state index >= 15 is 0 Å². The summed E-state index contributed by atoms with van der Waals surface area (Å²) >= 11 is 0. The average molecular weight is 249 g/mol. The van der Waals surface area contributed by atoms with Crippen molar-refractivity contribution in [1.29, 1.82) is 0 Å². The second kappa shape index (κ2) is 7.49. The number of aromatic nitrogens is 1. The average Bonchev–Trinajstić information content (AvgIpc) is 2.43. The fraction of sp³-hybridized carbons (Fsp3) is 0.667. The minimum Gasteiger partial charge on any atom is -0.329 e. The molecule has 0 saturated heterocycles. The van der Waals surface area contributed by atoms with E-state index in [9.17, 15) is 0 Å². The van der Waals surface area contributed by atoms with E-state index in [1.165, 1.54) is 0 Å². The summed E-state index contributed by atoms with van der Waals surface area (Å²) in [5, 5.41) is 0. The molecule has 0 spiro atoms. The van der Waals surface area contributed by atoms with Crippen molar-refractivity contribution in [1.82, 2.24) is 9.88 Å². The van der Waals surface area contributed by atoms with Crippen LogP contribution in [0, 0.1) is 0 Å². The molecule has 0 aliphatic rings. The van der Waals surface area contributed by atoms with E-state index in [2.05, 4.69) is 42.8 Å². The van der Waals surface area contributed by atoms with E-state index in [1.54, 1.807) is 0 Å². The normalized spacial score (nSPS) is 14.7. The second-order valence-electron chi connectivity index (χ2n) is 5.11. The molecule has 3 nitrogen and oxygen atoms in total. The van der Waals surface area contributed by atoms with Crippen LogP contribution in [0.2, 0.25) is 0 Å². The molecular formula is C15H27N3. The number of pyridine rings is 1. The smallest absolute Gasteiger partial charge is 0.0416 e. The first-order valence-corrected chi connectivity index (χ1v) is 7.01. The Labute approximate surface area is 111 Å². The maximum absolute atomic E-state index is 5.96. The van der Waals surface area contributed by atoms with Crippen LogP contribution in [0.5, 0.6) is 0 Å². The zero-order chi connectivity index (χ0) is 13.4. The van der Waals surface area contributed by atoms with Crippen LogP contribution >= 0.6 is 0 Å². The zero-order valence-electron chi connectivity index (χ0n) is 12.0. The Bertz CT molecular complexity index is 320. The predicted octanol–water partition coefficient (Wildman–Crippen LogP) is 2.46. The number of hydrogen-bond donors (Lipinski definition) is 1. The van der Waals surface area contributed by atoms with E-state index in [4.69, 9.17) is 5.73 Å². The van der Waals surface area contributed by atoms with Crippen LogP contribution in [0.4, 0.5) is 0 Å². The monoisotopic (exact) mass is 249 g/mol. The Morgan fingerprint density at radius 1 is 1.28 bits per heavy atom. The Hall–Kier alpha value is -0.930. The number of hydrogen-bond acceptors (Lipinski definition) is 3. The van der Waals surface area contributed by atoms with Gasteiger partial charge in [-0.05, 0) is 38.4 Å². The van der Waals surface area contributed by atoms with Crippen LogP contribution < -0.4 is 5.73 Å². The predicted molar refractivity (Wildman–Crippen MR) is 77.6 cm³/mol. The van der Waals surface area contributed by atoms with Gasteiger partial charge in [0.15, 0.2) is 0 Å². The van der Waals surface area contributed by atoms with Gasteiger partial charge in [0.05, 0.1) is 0 Å². The number of nitrogens with zero attached hydrogens (tertiary/aromatic N) is 2. The molecule has 0 aliphatic heterocycles. The van der Waals surface area contributed by atoms with Crippen LogP contribution in [0.3, 0.4) is 0 Å². The van der Waals surface area contributed by atoms with Gasteiger partial charge in [0.1, 0.15) is 0 Å². The SMILES string of the molecule is CCCN(CCc1ccccn1)C(C)(CC)CN. The van der Waals surface area contributed by atoms with Gasteiger partial charge in [-0.1, -0.05) is 19.9 Å². The van der Waals surface area contributed by atoms with Gasteiger partial charge < -0.3 is 5.73 Å². The highest BCUT2D eigenvalue weighted by Crippen LogP contribution is 2.18. The van der Waals surface area contributed by atoms with Crippen molar-refractivity contribution in [3.63, 3.8) is 0 Å². The maximum atomic E-state index is 5.96. The molecule has 0 aliphatic carbocycles. The topological polar surface area (TPSA) is 42.2 Å². The highest BCUT2D eigenvalue weighted by Gasteiger charge is 2.27. The molecule has 3 heteroatoms. The lowest BCUT2D eigenvalue weighted by molar-refractivity contribution is 0.107. The standard InChI is InChI=1S/C15H27N3/c1-4-11-18(15(3,5-2)13-16)12-9-14-8-6-7-10-17-14/h6-8,10H,4-5,9,11-13,16H2,1-3H3. The molecule has 0 bridgehead atoms. The van der Waals surface area contributed by atoms with Crippen LogP contribution in [-0.2, 0) is 6.42 Å². The summed E-state index contributed by atoms with van der Waals surface area (Å²) < 4.78 is 0. The van der Waals surface area contributed by atoms with Gasteiger partial charge in [-0.15, -0.1) is 0 Å². The lowest BCUT2D eigenvalue weighted by atomic mass is 9.95. The quantitative estimate of drug-likeness (QED) is 0.769. The van der Waals surface area contributed by atoms with Crippen molar-refractivity contribution in [2.24, 2.45) is 5.73 Å². The number of nitrogens with two attached hydrogens (primary N) is 1. The molecule has 1 aromatic heterocycles. The second-order valence-corrected chi connectivity index (χ2v) is 5.11. The minimum atomic E-state index is 0.116. The molecule has 0 aromatic carbocycles. The maximum Gasteiger partial charge on any atom is 0.0416 e. The molecule has 2 N–H and O–H groups in total. The van der Waals surface area contributed by atoms with Gasteiger partial charge in [0.2, 0.25) is 0 Å². The largest absolute Gasteiger partial charge is 0.329 e. The van der Waals surface area contributed by atoms with Crippen molar-refractivity contribution in [3.8, 4) is 0 Å². The minimum absolute atomic E-state index is 0.116. The fourth-order valence-corrected chi connectivity index (χ4v) is 2.21. The lowest BCUT2D eigenvalue weighted by Crippen LogP contribution is -2.52. The summed E-state index contributed by atoms with van der Waals surface area (Å²) in [6, 6.07) is 6.10. The highest BCUT2D eigenvalue weighted by molar-refractivity contribution is 5.04. The molecule has 0 amide bonds. The van der Waals surface area contributed by atoms with E-state index in [1.807, 2.05) is 12.3 Å². The molecule has 1 rings (SSSR count). The highest BCUT2D eigenvalue weighted by atomic mass is 15.2. The van der Waals surface area contributed by atoms with E-state index in [0.717, 1.165) is 38.0 Å². The molecule has 0 fully saturated rings. The van der Waals surface area contributed by atoms with Crippen molar-refractivity contribution in [2.45, 2.75) is 45.6 Å². The summed E-state index contributed by atoms with van der Waals surface area (Å²) in [4.78, 5) is 6.90. The Kier molecular flexibility index (Phi) is 6.30. The molecule has 0 radical (unpaired) electrons. The fourth-order valence-electron chi connectivity index (χ4n) is 2.21. The van der Waals surface area contributed by atoms with E-state index in [0.29, 0.717) is 6.54 Å². The van der Waals surface area contributed by atoms with Gasteiger partial charge in [-0.3, -0.25) is 9.88 Å². The molecule has 1 aromatic rings. The molecular weight excluding hydrogens is 222 g/mol. The number of rotatable bonds is 8. The van der Waals surface area contributed by atoms with Crippen LogP contribution in [0.25, 0.3) is 0 Å². The van der Waals surface area contributed by atoms with Gasteiger partial charge in [0, 0.05) is 36.9 Å². The third-order valence-electron chi connectivity index (χ3n) is 3.82. The summed E-state index contributed by atoms with van der Waals surface area (Å²) in [5.74, 6) is 0. The Morgan fingerprint density at radius 3 is 2.56 bits per heavy atom. The van der Waals surface area contributed by atoms with E-state index < -0.39 is 0 Å². The molecule has 18 heavy (non-hydrogen) atoms. The summed E-state index contributed by atoms with van der Waals surface area (Å²) in [5.41, 5.74) is 7.24. The van der Waals surface area contributed by atoms with Gasteiger partial charge in [0.25, 0.3) is 0 Å². The van der Waals surface area contributed by atoms with Gasteiger partial charge in [-0.25, -0.2) is 0 Å². The zero-order valence-corrected chi connectivity index (χ0v) is 12.0. The van der Waals surface area contributed by atoms with Crippen LogP contribution in [0.1, 0.15) is 39.3 Å². The third-order valence-corrected chi connectivity index (χ3v) is 3.82. The van der Waals surface area contributed by atoms with Crippen LogP contribution in [0.15, 0.2) is 24.4 Å². The summed E-state index contributed by atoms with van der Waals surface area (Å²) in [7, 11) is 0. The first kappa shape index (κ1) is 15.1. The Balaban J connectivity index is 2.63. The summed E-state index contributed by atoms with van der Waals surface area (Å²) in [6.07, 6.45) is 5.11. The first-order valence-electron chi connectivity index (χ1n) is 7.01. The molecule has 102 valence electrons. The first-order chi connectivity index (χ1) is 8.66. The molecule has 1 atom stereocenters. The molecule has 1 unspecified atom stereocenters. The van der Waals surface area contributed by atoms with Gasteiger partial charge >= 0.3 is 0 Å².